The summed E-state index contributed by atoms with van der Waals surface area (Å²) in [7, 11) is 0. The molecule has 4 aromatic rings. The molecule has 0 N–H and O–H groups in total. The maximum Gasteiger partial charge on any atom is 0.142 e. The number of benzene rings is 3. The largest absolute Gasteiger partial charge is 0.279 e. The molecular weight excluding hydrogens is 341 g/mol. The Morgan fingerprint density at radius 2 is 1.50 bits per heavy atom. The van der Waals surface area contributed by atoms with Gasteiger partial charge in [-0.3, -0.25) is 3.97 Å². The summed E-state index contributed by atoms with van der Waals surface area (Å²) in [6.45, 7) is 0. The van der Waals surface area contributed by atoms with Crippen molar-refractivity contribution in [1.82, 2.24) is 3.97 Å². The summed E-state index contributed by atoms with van der Waals surface area (Å²) in [5, 5.41) is 0.967. The van der Waals surface area contributed by atoms with E-state index < -0.39 is 5.82 Å². The van der Waals surface area contributed by atoms with Crippen molar-refractivity contribution in [2.45, 2.75) is 4.90 Å². The zero-order valence-corrected chi connectivity index (χ0v) is 14.2. The van der Waals surface area contributed by atoms with Crippen LogP contribution in [-0.4, -0.2) is 3.97 Å². The van der Waals surface area contributed by atoms with Crippen LogP contribution in [0.15, 0.2) is 83.8 Å². The van der Waals surface area contributed by atoms with Crippen LogP contribution in [0.3, 0.4) is 0 Å². The molecular formula is C20H13ClFNS. The van der Waals surface area contributed by atoms with E-state index >= 15 is 0 Å². The number of hydrogen-bond donors (Lipinski definition) is 0. The highest BCUT2D eigenvalue weighted by Crippen LogP contribution is 2.36. The van der Waals surface area contributed by atoms with Crippen LogP contribution in [0.5, 0.6) is 0 Å². The molecule has 1 heterocycles. The minimum Gasteiger partial charge on any atom is -0.279 e. The van der Waals surface area contributed by atoms with Gasteiger partial charge in [-0.25, -0.2) is 4.39 Å². The lowest BCUT2D eigenvalue weighted by atomic mass is 10.1. The van der Waals surface area contributed by atoms with Crippen molar-refractivity contribution in [3.8, 4) is 11.3 Å². The van der Waals surface area contributed by atoms with Gasteiger partial charge in [0.25, 0.3) is 0 Å². The summed E-state index contributed by atoms with van der Waals surface area (Å²) >= 11 is 7.62. The molecule has 3 aromatic carbocycles. The van der Waals surface area contributed by atoms with Crippen LogP contribution >= 0.6 is 23.5 Å². The molecule has 1 aromatic heterocycles. The van der Waals surface area contributed by atoms with Gasteiger partial charge in [-0.15, -0.1) is 0 Å². The lowest BCUT2D eigenvalue weighted by molar-refractivity contribution is 0.630. The third-order valence-electron chi connectivity index (χ3n) is 3.81. The summed E-state index contributed by atoms with van der Waals surface area (Å²) in [5.41, 5.74) is 2.99. The van der Waals surface area contributed by atoms with E-state index in [2.05, 4.69) is 16.1 Å². The van der Waals surface area contributed by atoms with Crippen molar-refractivity contribution in [3.63, 3.8) is 0 Å². The number of nitrogens with zero attached hydrogens (tertiary/aromatic N) is 1. The third-order valence-corrected chi connectivity index (χ3v) is 5.16. The van der Waals surface area contributed by atoms with Crippen molar-refractivity contribution in [1.29, 1.82) is 0 Å². The summed E-state index contributed by atoms with van der Waals surface area (Å²) < 4.78 is 16.0. The molecule has 0 aliphatic rings. The van der Waals surface area contributed by atoms with Crippen molar-refractivity contribution >= 4 is 34.5 Å². The fourth-order valence-corrected chi connectivity index (χ4v) is 3.83. The number of hydrogen-bond acceptors (Lipinski definition) is 1. The molecule has 1 nitrogen and oxygen atoms in total. The second-order valence-electron chi connectivity index (χ2n) is 5.42. The molecule has 0 bridgehead atoms. The van der Waals surface area contributed by atoms with E-state index in [4.69, 9.17) is 11.6 Å². The van der Waals surface area contributed by atoms with Crippen LogP contribution < -0.4 is 0 Å². The number of rotatable bonds is 3. The highest BCUT2D eigenvalue weighted by molar-refractivity contribution is 7.98. The Labute approximate surface area is 148 Å². The highest BCUT2D eigenvalue weighted by atomic mass is 35.5. The third kappa shape index (κ3) is 2.81. The van der Waals surface area contributed by atoms with Gasteiger partial charge in [0, 0.05) is 10.3 Å². The van der Waals surface area contributed by atoms with E-state index in [1.165, 1.54) is 6.07 Å². The minimum atomic E-state index is -0.398. The Morgan fingerprint density at radius 1 is 0.833 bits per heavy atom. The Hall–Kier alpha value is -2.23. The zero-order valence-electron chi connectivity index (χ0n) is 12.6. The topological polar surface area (TPSA) is 4.93 Å². The molecule has 118 valence electrons. The fraction of sp³-hybridized carbons (Fsp3) is 0. The summed E-state index contributed by atoms with van der Waals surface area (Å²) in [5.74, 6) is -0.398. The van der Waals surface area contributed by atoms with Gasteiger partial charge in [0.1, 0.15) is 5.82 Å². The van der Waals surface area contributed by atoms with Gasteiger partial charge in [-0.05, 0) is 47.8 Å². The molecule has 0 saturated heterocycles. The maximum atomic E-state index is 13.9. The molecule has 0 radical (unpaired) electrons. The molecule has 0 fully saturated rings. The van der Waals surface area contributed by atoms with Crippen LogP contribution in [0.4, 0.5) is 4.39 Å². The van der Waals surface area contributed by atoms with Crippen molar-refractivity contribution in [2.24, 2.45) is 0 Å². The van der Waals surface area contributed by atoms with Gasteiger partial charge in [0.2, 0.25) is 0 Å². The van der Waals surface area contributed by atoms with Crippen LogP contribution in [0.1, 0.15) is 0 Å². The first-order chi connectivity index (χ1) is 11.7. The van der Waals surface area contributed by atoms with E-state index in [9.17, 15) is 4.39 Å². The quantitative estimate of drug-likeness (QED) is 0.399. The molecule has 0 aliphatic carbocycles. The predicted molar refractivity (Wildman–Crippen MR) is 100 cm³/mol. The Bertz CT molecular complexity index is 997. The van der Waals surface area contributed by atoms with Gasteiger partial charge < -0.3 is 0 Å². The Kier molecular flexibility index (Phi) is 4.05. The molecule has 24 heavy (non-hydrogen) atoms. The van der Waals surface area contributed by atoms with Crippen LogP contribution in [0.25, 0.3) is 22.2 Å². The molecule has 0 aliphatic heterocycles. The summed E-state index contributed by atoms with van der Waals surface area (Å²) in [4.78, 5) is 1.10. The van der Waals surface area contributed by atoms with Gasteiger partial charge >= 0.3 is 0 Å². The summed E-state index contributed by atoms with van der Waals surface area (Å²) in [6, 6.07) is 25.4. The fourth-order valence-electron chi connectivity index (χ4n) is 2.67. The van der Waals surface area contributed by atoms with Gasteiger partial charge in [-0.1, -0.05) is 60.1 Å². The second kappa shape index (κ2) is 6.34. The predicted octanol–water partition coefficient (Wildman–Crippen LogP) is 6.66. The van der Waals surface area contributed by atoms with Gasteiger partial charge in [-0.2, -0.15) is 0 Å². The average Bonchev–Trinajstić information content (AvgIpc) is 2.95. The Morgan fingerprint density at radius 3 is 2.21 bits per heavy atom. The van der Waals surface area contributed by atoms with Gasteiger partial charge in [0.05, 0.1) is 16.2 Å². The van der Waals surface area contributed by atoms with E-state index in [1.54, 1.807) is 18.0 Å². The van der Waals surface area contributed by atoms with E-state index in [-0.39, 0.29) is 5.02 Å². The lowest BCUT2D eigenvalue weighted by Gasteiger charge is -2.10. The van der Waals surface area contributed by atoms with E-state index in [0.29, 0.717) is 0 Å². The zero-order chi connectivity index (χ0) is 16.5. The SMILES string of the molecule is Fc1cc2cc(-c3ccccc3)n(Sc3ccccc3)c2cc1Cl. The van der Waals surface area contributed by atoms with Crippen molar-refractivity contribution in [2.75, 3.05) is 0 Å². The molecule has 0 spiro atoms. The van der Waals surface area contributed by atoms with Crippen LogP contribution in [0, 0.1) is 5.82 Å². The highest BCUT2D eigenvalue weighted by Gasteiger charge is 2.14. The second-order valence-corrected chi connectivity index (χ2v) is 6.85. The summed E-state index contributed by atoms with van der Waals surface area (Å²) in [6.07, 6.45) is 0. The van der Waals surface area contributed by atoms with Crippen LogP contribution in [0.2, 0.25) is 5.02 Å². The molecule has 0 atom stereocenters. The minimum absolute atomic E-state index is 0.134. The van der Waals surface area contributed by atoms with E-state index in [0.717, 1.165) is 27.1 Å². The molecule has 0 saturated carbocycles. The number of halogens is 2. The van der Waals surface area contributed by atoms with Crippen molar-refractivity contribution < 1.29 is 4.39 Å². The lowest BCUT2D eigenvalue weighted by Crippen LogP contribution is -1.91. The molecule has 0 amide bonds. The molecule has 0 unspecified atom stereocenters. The normalized spacial score (nSPS) is 11.1. The molecule has 4 heteroatoms. The molecule has 4 rings (SSSR count). The first kappa shape index (κ1) is 15.3. The Balaban J connectivity index is 1.95. The number of aromatic nitrogens is 1. The van der Waals surface area contributed by atoms with Crippen molar-refractivity contribution in [3.05, 3.63) is 89.7 Å². The maximum absolute atomic E-state index is 13.9. The first-order valence-corrected chi connectivity index (χ1v) is 8.67. The monoisotopic (exact) mass is 353 g/mol. The van der Waals surface area contributed by atoms with Gasteiger partial charge in [0.15, 0.2) is 0 Å². The number of fused-ring (bicyclic) bond motifs is 1. The first-order valence-electron chi connectivity index (χ1n) is 7.52. The van der Waals surface area contributed by atoms with E-state index in [1.807, 2.05) is 54.6 Å². The smallest absolute Gasteiger partial charge is 0.142 e. The van der Waals surface area contributed by atoms with Crippen LogP contribution in [-0.2, 0) is 0 Å². The average molecular weight is 354 g/mol. The standard InChI is InChI=1S/C20H13ClFNS/c21-17-13-20-15(11-18(17)22)12-19(14-7-3-1-4-8-14)23(20)24-16-9-5-2-6-10-16/h1-13H.